The van der Waals surface area contributed by atoms with Crippen LogP contribution in [-0.4, -0.2) is 13.1 Å². The first-order chi connectivity index (χ1) is 8.24. The number of esters is 1. The van der Waals surface area contributed by atoms with Crippen molar-refractivity contribution in [3.63, 3.8) is 0 Å². The largest absolute Gasteiger partial charge is 0.466 e. The van der Waals surface area contributed by atoms with Crippen LogP contribution in [0.5, 0.6) is 0 Å². The van der Waals surface area contributed by atoms with Crippen molar-refractivity contribution in [3.8, 4) is 0 Å². The zero-order valence-electron chi connectivity index (χ0n) is 10.4. The van der Waals surface area contributed by atoms with Crippen LogP contribution in [0.2, 0.25) is 0 Å². The fourth-order valence-electron chi connectivity index (χ4n) is 2.36. The molecule has 2 rings (SSSR count). The van der Waals surface area contributed by atoms with Gasteiger partial charge in [0, 0.05) is 5.57 Å². The summed E-state index contributed by atoms with van der Waals surface area (Å²) in [6, 6.07) is 8.28. The van der Waals surface area contributed by atoms with Gasteiger partial charge in [0.15, 0.2) is 0 Å². The molecule has 0 amide bonds. The molecule has 0 aliphatic heterocycles. The number of carbonyl (C=O) groups excluding carboxylic acids is 1. The Labute approximate surface area is 102 Å². The van der Waals surface area contributed by atoms with E-state index in [4.69, 9.17) is 4.74 Å². The van der Waals surface area contributed by atoms with E-state index in [0.717, 1.165) is 30.4 Å². The molecule has 0 saturated heterocycles. The lowest BCUT2D eigenvalue weighted by Gasteiger charge is -2.13. The average Bonchev–Trinajstić information content (AvgIpc) is 2.56. The van der Waals surface area contributed by atoms with E-state index in [-0.39, 0.29) is 5.97 Å². The molecular formula is C15H18O2. The lowest BCUT2D eigenvalue weighted by Crippen LogP contribution is -2.09. The molecule has 90 valence electrons. The van der Waals surface area contributed by atoms with E-state index in [1.165, 1.54) is 12.7 Å². The highest BCUT2D eigenvalue weighted by atomic mass is 16.5. The molecular weight excluding hydrogens is 212 g/mol. The van der Waals surface area contributed by atoms with Crippen LogP contribution in [0.25, 0.3) is 6.08 Å². The number of fused-ring (bicyclic) bond motifs is 1. The second-order valence-corrected chi connectivity index (χ2v) is 4.54. The van der Waals surface area contributed by atoms with Crippen molar-refractivity contribution < 1.29 is 9.53 Å². The molecule has 1 aliphatic rings. The van der Waals surface area contributed by atoms with Crippen molar-refractivity contribution in [2.45, 2.75) is 26.2 Å². The summed E-state index contributed by atoms with van der Waals surface area (Å²) in [7, 11) is 1.45. The molecule has 0 heterocycles. The lowest BCUT2D eigenvalue weighted by molar-refractivity contribution is -0.136. The Bertz CT molecular complexity index is 446. The van der Waals surface area contributed by atoms with Gasteiger partial charge in [0.25, 0.3) is 0 Å². The number of methoxy groups -OCH3 is 1. The van der Waals surface area contributed by atoms with E-state index in [0.29, 0.717) is 5.92 Å². The van der Waals surface area contributed by atoms with Gasteiger partial charge in [-0.25, -0.2) is 4.79 Å². The molecule has 1 unspecified atom stereocenters. The summed E-state index contributed by atoms with van der Waals surface area (Å²) >= 11 is 0. The molecule has 0 aromatic heterocycles. The van der Waals surface area contributed by atoms with Crippen molar-refractivity contribution in [2.24, 2.45) is 5.92 Å². The zero-order chi connectivity index (χ0) is 12.3. The van der Waals surface area contributed by atoms with Gasteiger partial charge < -0.3 is 4.74 Å². The summed E-state index contributed by atoms with van der Waals surface area (Å²) < 4.78 is 4.85. The summed E-state index contributed by atoms with van der Waals surface area (Å²) in [6.07, 6.45) is 4.93. The Kier molecular flexibility index (Phi) is 3.62. The molecule has 1 aromatic carbocycles. The third-order valence-electron chi connectivity index (χ3n) is 3.43. The molecule has 0 N–H and O–H groups in total. The number of benzene rings is 1. The summed E-state index contributed by atoms with van der Waals surface area (Å²) in [5.41, 5.74) is 3.28. The van der Waals surface area contributed by atoms with Gasteiger partial charge in [0.1, 0.15) is 0 Å². The molecule has 0 radical (unpaired) electrons. The smallest absolute Gasteiger partial charge is 0.333 e. The average molecular weight is 230 g/mol. The Morgan fingerprint density at radius 3 is 2.82 bits per heavy atom. The standard InChI is InChI=1S/C15H18O2/c1-3-11-8-12-6-4-5-7-13(12)10-14(9-11)15(16)17-2/h4-7,10-11H,3,8-9H2,1-2H3. The molecule has 17 heavy (non-hydrogen) atoms. The van der Waals surface area contributed by atoms with E-state index < -0.39 is 0 Å². The second kappa shape index (κ2) is 5.17. The second-order valence-electron chi connectivity index (χ2n) is 4.54. The predicted molar refractivity (Wildman–Crippen MR) is 68.5 cm³/mol. The van der Waals surface area contributed by atoms with Crippen molar-refractivity contribution in [2.75, 3.05) is 7.11 Å². The highest BCUT2D eigenvalue weighted by molar-refractivity contribution is 5.94. The molecule has 0 fully saturated rings. The van der Waals surface area contributed by atoms with Gasteiger partial charge >= 0.3 is 5.97 Å². The first kappa shape index (κ1) is 11.9. The van der Waals surface area contributed by atoms with Crippen LogP contribution in [0.15, 0.2) is 29.8 Å². The Morgan fingerprint density at radius 1 is 1.35 bits per heavy atom. The fourth-order valence-corrected chi connectivity index (χ4v) is 2.36. The third-order valence-corrected chi connectivity index (χ3v) is 3.43. The Hall–Kier alpha value is -1.57. The monoisotopic (exact) mass is 230 g/mol. The van der Waals surface area contributed by atoms with Crippen LogP contribution in [-0.2, 0) is 16.0 Å². The maximum Gasteiger partial charge on any atom is 0.333 e. The quantitative estimate of drug-likeness (QED) is 0.729. The summed E-state index contributed by atoms with van der Waals surface area (Å²) in [5.74, 6) is 0.337. The Morgan fingerprint density at radius 2 is 2.12 bits per heavy atom. The van der Waals surface area contributed by atoms with Crippen LogP contribution >= 0.6 is 0 Å². The minimum Gasteiger partial charge on any atom is -0.466 e. The number of carbonyl (C=O) groups is 1. The van der Waals surface area contributed by atoms with Crippen LogP contribution in [0.1, 0.15) is 30.9 Å². The first-order valence-corrected chi connectivity index (χ1v) is 6.11. The molecule has 1 aromatic rings. The van der Waals surface area contributed by atoms with Gasteiger partial charge in [0.2, 0.25) is 0 Å². The minimum absolute atomic E-state index is 0.194. The lowest BCUT2D eigenvalue weighted by atomic mass is 9.92. The highest BCUT2D eigenvalue weighted by Gasteiger charge is 2.20. The SMILES string of the molecule is CCC1CC(C(=O)OC)=Cc2ccccc2C1. The van der Waals surface area contributed by atoms with Crippen molar-refractivity contribution in [3.05, 3.63) is 41.0 Å². The first-order valence-electron chi connectivity index (χ1n) is 6.11. The Balaban J connectivity index is 2.41. The molecule has 2 nitrogen and oxygen atoms in total. The molecule has 1 aliphatic carbocycles. The van der Waals surface area contributed by atoms with Gasteiger partial charge in [0.05, 0.1) is 7.11 Å². The van der Waals surface area contributed by atoms with E-state index >= 15 is 0 Å². The van der Waals surface area contributed by atoms with E-state index in [2.05, 4.69) is 25.1 Å². The van der Waals surface area contributed by atoms with Gasteiger partial charge in [-0.05, 0) is 36.0 Å². The van der Waals surface area contributed by atoms with Gasteiger partial charge in [-0.3, -0.25) is 0 Å². The summed E-state index contributed by atoms with van der Waals surface area (Å²) in [4.78, 5) is 11.7. The fraction of sp³-hybridized carbons (Fsp3) is 0.400. The topological polar surface area (TPSA) is 26.3 Å². The number of hydrogen-bond donors (Lipinski definition) is 0. The number of ether oxygens (including phenoxy) is 1. The van der Waals surface area contributed by atoms with Crippen LogP contribution < -0.4 is 0 Å². The van der Waals surface area contributed by atoms with Gasteiger partial charge in [-0.2, -0.15) is 0 Å². The van der Waals surface area contributed by atoms with Crippen molar-refractivity contribution in [1.82, 2.24) is 0 Å². The van der Waals surface area contributed by atoms with Gasteiger partial charge in [-0.1, -0.05) is 37.6 Å². The maximum atomic E-state index is 11.7. The molecule has 1 atom stereocenters. The van der Waals surface area contributed by atoms with Crippen LogP contribution in [0.3, 0.4) is 0 Å². The van der Waals surface area contributed by atoms with E-state index in [1.807, 2.05) is 12.1 Å². The third kappa shape index (κ3) is 2.57. The van der Waals surface area contributed by atoms with Crippen molar-refractivity contribution in [1.29, 1.82) is 0 Å². The van der Waals surface area contributed by atoms with Gasteiger partial charge in [-0.15, -0.1) is 0 Å². The molecule has 0 saturated carbocycles. The normalized spacial score (nSPS) is 18.9. The summed E-state index contributed by atoms with van der Waals surface area (Å²) in [6.45, 7) is 2.17. The van der Waals surface area contributed by atoms with Crippen LogP contribution in [0, 0.1) is 5.92 Å². The zero-order valence-corrected chi connectivity index (χ0v) is 10.4. The minimum atomic E-state index is -0.194. The molecule has 0 spiro atoms. The van der Waals surface area contributed by atoms with E-state index in [9.17, 15) is 4.79 Å². The van der Waals surface area contributed by atoms with Crippen LogP contribution in [0.4, 0.5) is 0 Å². The number of hydrogen-bond acceptors (Lipinski definition) is 2. The predicted octanol–water partition coefficient (Wildman–Crippen LogP) is 3.22. The van der Waals surface area contributed by atoms with E-state index in [1.54, 1.807) is 0 Å². The van der Waals surface area contributed by atoms with Crippen molar-refractivity contribution >= 4 is 12.0 Å². The molecule has 2 heteroatoms. The number of rotatable bonds is 2. The summed E-state index contributed by atoms with van der Waals surface area (Å²) in [5, 5.41) is 0. The maximum absolute atomic E-state index is 11.7. The molecule has 0 bridgehead atoms. The highest BCUT2D eigenvalue weighted by Crippen LogP contribution is 2.29.